The molecule has 0 aromatic carbocycles. The molecule has 0 aliphatic carbocycles. The van der Waals surface area contributed by atoms with Crippen molar-refractivity contribution in [2.45, 2.75) is 13.3 Å². The second-order valence-electron chi connectivity index (χ2n) is 3.27. The Bertz CT molecular complexity index is 256. The van der Waals surface area contributed by atoms with Crippen LogP contribution in [-0.2, 0) is 11.2 Å². The fourth-order valence-corrected chi connectivity index (χ4v) is 1.91. The summed E-state index contributed by atoms with van der Waals surface area (Å²) in [6.45, 7) is 3.15. The number of hydrogen-bond donors (Lipinski definition) is 0. The van der Waals surface area contributed by atoms with E-state index < -0.39 is 0 Å². The van der Waals surface area contributed by atoms with Gasteiger partial charge in [-0.2, -0.15) is 0 Å². The summed E-state index contributed by atoms with van der Waals surface area (Å²) in [5.74, 6) is 0.230. The molecule has 0 spiro atoms. The average Bonchev–Trinajstić information content (AvgIpc) is 2.51. The molecule has 1 heterocycles. The van der Waals surface area contributed by atoms with Crippen LogP contribution in [0, 0.1) is 0 Å². The first-order chi connectivity index (χ1) is 6.18. The molecular formula is C10H15NOS. The van der Waals surface area contributed by atoms with Crippen LogP contribution in [0.1, 0.15) is 11.8 Å². The molecule has 0 unspecified atom stereocenters. The summed E-state index contributed by atoms with van der Waals surface area (Å²) in [5.41, 5.74) is 0. The lowest BCUT2D eigenvalue weighted by molar-refractivity contribution is -0.117. The third-order valence-corrected chi connectivity index (χ3v) is 2.75. The highest BCUT2D eigenvalue weighted by Gasteiger charge is 2.01. The largest absolute Gasteiger partial charge is 0.299 e. The van der Waals surface area contributed by atoms with Gasteiger partial charge in [0.2, 0.25) is 0 Å². The van der Waals surface area contributed by atoms with Crippen LogP contribution in [0.25, 0.3) is 0 Å². The van der Waals surface area contributed by atoms with Crippen LogP contribution < -0.4 is 0 Å². The Morgan fingerprint density at radius 3 is 2.92 bits per heavy atom. The van der Waals surface area contributed by atoms with Crippen LogP contribution in [0.2, 0.25) is 0 Å². The van der Waals surface area contributed by atoms with Crippen molar-refractivity contribution < 1.29 is 4.79 Å². The summed E-state index contributed by atoms with van der Waals surface area (Å²) in [7, 11) is 1.98. The van der Waals surface area contributed by atoms with Gasteiger partial charge < -0.3 is 0 Å². The van der Waals surface area contributed by atoms with Gasteiger partial charge in [-0.15, -0.1) is 11.3 Å². The quantitative estimate of drug-likeness (QED) is 0.717. The van der Waals surface area contributed by atoms with Gasteiger partial charge in [-0.25, -0.2) is 0 Å². The molecule has 0 aliphatic rings. The zero-order valence-electron chi connectivity index (χ0n) is 8.12. The number of nitrogens with zero attached hydrogens (tertiary/aromatic N) is 1. The number of rotatable bonds is 5. The van der Waals surface area contributed by atoms with Gasteiger partial charge in [-0.3, -0.25) is 9.69 Å². The molecule has 1 rings (SSSR count). The third kappa shape index (κ3) is 4.20. The highest BCUT2D eigenvalue weighted by molar-refractivity contribution is 7.09. The molecule has 0 saturated heterocycles. The predicted octanol–water partition coefficient (Wildman–Crippen LogP) is 1.81. The molecular weight excluding hydrogens is 182 g/mol. The molecule has 0 bridgehead atoms. The second kappa shape index (κ2) is 5.14. The summed E-state index contributed by atoms with van der Waals surface area (Å²) < 4.78 is 0. The first-order valence-electron chi connectivity index (χ1n) is 4.39. The lowest BCUT2D eigenvalue weighted by Crippen LogP contribution is -2.26. The molecule has 2 nitrogen and oxygen atoms in total. The summed E-state index contributed by atoms with van der Waals surface area (Å²) in [6, 6.07) is 4.19. The van der Waals surface area contributed by atoms with Crippen molar-refractivity contribution in [3.63, 3.8) is 0 Å². The molecule has 13 heavy (non-hydrogen) atoms. The van der Waals surface area contributed by atoms with Gasteiger partial charge in [-0.1, -0.05) is 6.07 Å². The molecule has 0 N–H and O–H groups in total. The summed E-state index contributed by atoms with van der Waals surface area (Å²) in [6.07, 6.45) is 1.04. The molecule has 0 aliphatic heterocycles. The van der Waals surface area contributed by atoms with Crippen molar-refractivity contribution in [1.29, 1.82) is 0 Å². The summed E-state index contributed by atoms with van der Waals surface area (Å²) >= 11 is 1.77. The van der Waals surface area contributed by atoms with Crippen LogP contribution in [0.15, 0.2) is 17.5 Å². The summed E-state index contributed by atoms with van der Waals surface area (Å²) in [5, 5.41) is 2.08. The van der Waals surface area contributed by atoms with E-state index in [1.54, 1.807) is 18.3 Å². The van der Waals surface area contributed by atoms with E-state index in [2.05, 4.69) is 22.4 Å². The van der Waals surface area contributed by atoms with E-state index in [-0.39, 0.29) is 5.78 Å². The normalized spacial score (nSPS) is 10.7. The van der Waals surface area contributed by atoms with Crippen molar-refractivity contribution in [3.05, 3.63) is 22.4 Å². The maximum atomic E-state index is 10.8. The molecule has 3 heteroatoms. The van der Waals surface area contributed by atoms with Crippen LogP contribution in [0.4, 0.5) is 0 Å². The van der Waals surface area contributed by atoms with Gasteiger partial charge in [0.05, 0.1) is 6.54 Å². The van der Waals surface area contributed by atoms with Crippen LogP contribution in [0.3, 0.4) is 0 Å². The fraction of sp³-hybridized carbons (Fsp3) is 0.500. The monoisotopic (exact) mass is 197 g/mol. The van der Waals surface area contributed by atoms with E-state index in [9.17, 15) is 4.79 Å². The van der Waals surface area contributed by atoms with Crippen molar-refractivity contribution >= 4 is 17.1 Å². The average molecular weight is 197 g/mol. The van der Waals surface area contributed by atoms with E-state index in [0.29, 0.717) is 6.54 Å². The number of carbonyl (C=O) groups is 1. The fourth-order valence-electron chi connectivity index (χ4n) is 1.22. The van der Waals surface area contributed by atoms with Crippen LogP contribution in [-0.4, -0.2) is 30.8 Å². The van der Waals surface area contributed by atoms with Gasteiger partial charge in [0, 0.05) is 11.4 Å². The van der Waals surface area contributed by atoms with Gasteiger partial charge in [-0.05, 0) is 31.8 Å². The number of hydrogen-bond acceptors (Lipinski definition) is 3. The number of carbonyl (C=O) groups excluding carboxylic acids is 1. The lowest BCUT2D eigenvalue weighted by Gasteiger charge is -2.13. The number of ketones is 1. The SMILES string of the molecule is CC(=O)CN(C)CCc1cccs1. The minimum Gasteiger partial charge on any atom is -0.299 e. The Morgan fingerprint density at radius 2 is 2.38 bits per heavy atom. The predicted molar refractivity (Wildman–Crippen MR) is 56.2 cm³/mol. The molecule has 0 saturated carbocycles. The van der Waals surface area contributed by atoms with E-state index >= 15 is 0 Å². The topological polar surface area (TPSA) is 20.3 Å². The molecule has 0 atom stereocenters. The molecule has 0 radical (unpaired) electrons. The Kier molecular flexibility index (Phi) is 4.12. The Labute approximate surface area is 83.2 Å². The van der Waals surface area contributed by atoms with Crippen molar-refractivity contribution in [1.82, 2.24) is 4.90 Å². The summed E-state index contributed by atoms with van der Waals surface area (Å²) in [4.78, 5) is 14.2. The molecule has 0 fully saturated rings. The van der Waals surface area contributed by atoms with Crippen molar-refractivity contribution in [2.24, 2.45) is 0 Å². The molecule has 1 aromatic rings. The van der Waals surface area contributed by atoms with Gasteiger partial charge in [0.25, 0.3) is 0 Å². The number of likely N-dealkylation sites (N-methyl/N-ethyl adjacent to an activating group) is 1. The first-order valence-corrected chi connectivity index (χ1v) is 5.27. The van der Waals surface area contributed by atoms with Crippen molar-refractivity contribution in [2.75, 3.05) is 20.1 Å². The minimum atomic E-state index is 0.230. The van der Waals surface area contributed by atoms with Gasteiger partial charge in [0.1, 0.15) is 5.78 Å². The van der Waals surface area contributed by atoms with Crippen LogP contribution in [0.5, 0.6) is 0 Å². The lowest BCUT2D eigenvalue weighted by atomic mass is 10.3. The maximum absolute atomic E-state index is 10.8. The third-order valence-electron chi connectivity index (χ3n) is 1.81. The van der Waals surface area contributed by atoms with E-state index in [0.717, 1.165) is 13.0 Å². The highest BCUT2D eigenvalue weighted by Crippen LogP contribution is 2.09. The zero-order chi connectivity index (χ0) is 9.68. The zero-order valence-corrected chi connectivity index (χ0v) is 8.93. The standard InChI is InChI=1S/C10H15NOS/c1-9(12)8-11(2)6-5-10-4-3-7-13-10/h3-4,7H,5-6,8H2,1-2H3. The van der Waals surface area contributed by atoms with Crippen LogP contribution >= 0.6 is 11.3 Å². The Morgan fingerprint density at radius 1 is 1.62 bits per heavy atom. The Balaban J connectivity index is 2.22. The van der Waals surface area contributed by atoms with E-state index in [1.165, 1.54) is 4.88 Å². The molecule has 0 amide bonds. The second-order valence-corrected chi connectivity index (χ2v) is 4.30. The maximum Gasteiger partial charge on any atom is 0.143 e. The highest BCUT2D eigenvalue weighted by atomic mass is 32.1. The first kappa shape index (κ1) is 10.4. The number of thiophene rings is 1. The minimum absolute atomic E-state index is 0.230. The number of Topliss-reactive ketones (excluding diaryl/α,β-unsaturated/α-hetero) is 1. The van der Waals surface area contributed by atoms with Gasteiger partial charge in [0.15, 0.2) is 0 Å². The van der Waals surface area contributed by atoms with Gasteiger partial charge >= 0.3 is 0 Å². The van der Waals surface area contributed by atoms with E-state index in [1.807, 2.05) is 7.05 Å². The smallest absolute Gasteiger partial charge is 0.143 e. The molecule has 72 valence electrons. The molecule has 1 aromatic heterocycles. The van der Waals surface area contributed by atoms with E-state index in [4.69, 9.17) is 0 Å². The Hall–Kier alpha value is -0.670. The van der Waals surface area contributed by atoms with Crippen molar-refractivity contribution in [3.8, 4) is 0 Å².